The molecule has 1 unspecified atom stereocenters. The van der Waals surface area contributed by atoms with E-state index in [-0.39, 0.29) is 12.1 Å². The van der Waals surface area contributed by atoms with Gasteiger partial charge in [-0.1, -0.05) is 0 Å². The molecule has 17 heavy (non-hydrogen) atoms. The van der Waals surface area contributed by atoms with Gasteiger partial charge in [0, 0.05) is 25.2 Å². The van der Waals surface area contributed by atoms with Crippen LogP contribution in [0, 0.1) is 0 Å². The molecule has 0 aliphatic carbocycles. The fourth-order valence-electron chi connectivity index (χ4n) is 1.38. The summed E-state index contributed by atoms with van der Waals surface area (Å²) in [4.78, 5) is 22.4. The molecule has 7 heteroatoms. The van der Waals surface area contributed by atoms with Gasteiger partial charge in [0.05, 0.1) is 14.2 Å². The molecule has 0 spiro atoms. The van der Waals surface area contributed by atoms with E-state index in [1.54, 1.807) is 13.2 Å². The lowest BCUT2D eigenvalue weighted by molar-refractivity contribution is -0.150. The lowest BCUT2D eigenvalue weighted by Crippen LogP contribution is -2.24. The number of carbonyl (C=O) groups is 2. The Kier molecular flexibility index (Phi) is 4.22. The first kappa shape index (κ1) is 13.2. The van der Waals surface area contributed by atoms with Crippen LogP contribution in [0.2, 0.25) is 0 Å². The van der Waals surface area contributed by atoms with Gasteiger partial charge in [-0.25, -0.2) is 9.59 Å². The van der Waals surface area contributed by atoms with Crippen LogP contribution >= 0.6 is 0 Å². The minimum absolute atomic E-state index is 0.0506. The van der Waals surface area contributed by atoms with E-state index in [1.807, 2.05) is 0 Å². The Bertz CT molecular complexity index is 426. The minimum atomic E-state index is -1.33. The molecule has 0 saturated heterocycles. The van der Waals surface area contributed by atoms with Crippen molar-refractivity contribution in [1.82, 2.24) is 9.78 Å². The number of esters is 2. The molecule has 0 saturated carbocycles. The summed E-state index contributed by atoms with van der Waals surface area (Å²) in [6, 6.07) is 0. The monoisotopic (exact) mass is 242 g/mol. The smallest absolute Gasteiger partial charge is 0.358 e. The van der Waals surface area contributed by atoms with Gasteiger partial charge in [-0.2, -0.15) is 5.10 Å². The Labute approximate surface area is 97.9 Å². The fraction of sp³-hybridized carbons (Fsp3) is 0.500. The Morgan fingerprint density at radius 2 is 2.12 bits per heavy atom. The van der Waals surface area contributed by atoms with E-state index >= 15 is 0 Å². The Morgan fingerprint density at radius 3 is 2.65 bits per heavy atom. The minimum Gasteiger partial charge on any atom is -0.467 e. The molecule has 0 bridgehead atoms. The maximum atomic E-state index is 11.4. The third kappa shape index (κ3) is 3.04. The summed E-state index contributed by atoms with van der Waals surface area (Å²) < 4.78 is 10.3. The van der Waals surface area contributed by atoms with E-state index in [2.05, 4.69) is 14.6 Å². The lowest BCUT2D eigenvalue weighted by atomic mass is 10.1. The highest BCUT2D eigenvalue weighted by Crippen LogP contribution is 2.11. The zero-order valence-electron chi connectivity index (χ0n) is 9.84. The number of hydrogen-bond acceptors (Lipinski definition) is 6. The van der Waals surface area contributed by atoms with Gasteiger partial charge < -0.3 is 14.6 Å². The van der Waals surface area contributed by atoms with E-state index in [0.717, 1.165) is 0 Å². The molecule has 0 aliphatic heterocycles. The fourth-order valence-corrected chi connectivity index (χ4v) is 1.38. The van der Waals surface area contributed by atoms with Gasteiger partial charge in [0.25, 0.3) is 0 Å². The van der Waals surface area contributed by atoms with E-state index in [0.29, 0.717) is 5.56 Å². The van der Waals surface area contributed by atoms with Gasteiger partial charge in [-0.15, -0.1) is 0 Å². The summed E-state index contributed by atoms with van der Waals surface area (Å²) >= 11 is 0. The van der Waals surface area contributed by atoms with E-state index in [4.69, 9.17) is 0 Å². The number of aliphatic hydroxyl groups is 1. The first-order chi connectivity index (χ1) is 7.99. The van der Waals surface area contributed by atoms with Gasteiger partial charge in [0.15, 0.2) is 11.8 Å². The number of aliphatic hydroxyl groups excluding tert-OH is 1. The van der Waals surface area contributed by atoms with Crippen LogP contribution in [-0.4, -0.2) is 47.1 Å². The molecule has 1 heterocycles. The molecule has 1 N–H and O–H groups in total. The van der Waals surface area contributed by atoms with Gasteiger partial charge in [-0.05, 0) is 0 Å². The van der Waals surface area contributed by atoms with E-state index in [9.17, 15) is 14.7 Å². The molecular weight excluding hydrogens is 228 g/mol. The van der Waals surface area contributed by atoms with Crippen molar-refractivity contribution in [2.24, 2.45) is 7.05 Å². The lowest BCUT2D eigenvalue weighted by Gasteiger charge is -2.07. The largest absolute Gasteiger partial charge is 0.467 e. The molecule has 94 valence electrons. The molecule has 0 aliphatic rings. The highest BCUT2D eigenvalue weighted by molar-refractivity contribution is 5.89. The summed E-state index contributed by atoms with van der Waals surface area (Å²) in [7, 11) is 4.04. The van der Waals surface area contributed by atoms with Crippen molar-refractivity contribution in [3.05, 3.63) is 17.5 Å². The highest BCUT2D eigenvalue weighted by atomic mass is 16.5. The van der Waals surface area contributed by atoms with E-state index in [1.165, 1.54) is 18.9 Å². The number of rotatable bonds is 4. The maximum Gasteiger partial charge on any atom is 0.358 e. The molecule has 1 atom stereocenters. The number of ether oxygens (including phenoxy) is 2. The quantitative estimate of drug-likeness (QED) is 0.701. The number of aryl methyl sites for hydroxylation is 1. The molecule has 1 aromatic rings. The summed E-state index contributed by atoms with van der Waals surface area (Å²) in [5.74, 6) is -1.37. The van der Waals surface area contributed by atoms with Gasteiger partial charge in [0.1, 0.15) is 0 Å². The number of hydrogen-bond donors (Lipinski definition) is 1. The molecule has 0 amide bonds. The number of aromatic nitrogens is 2. The van der Waals surface area contributed by atoms with Crippen LogP contribution in [-0.2, 0) is 27.7 Å². The topological polar surface area (TPSA) is 90.6 Å². The molecule has 0 fully saturated rings. The highest BCUT2D eigenvalue weighted by Gasteiger charge is 2.22. The van der Waals surface area contributed by atoms with Crippen molar-refractivity contribution in [3.8, 4) is 0 Å². The number of methoxy groups -OCH3 is 2. The van der Waals surface area contributed by atoms with E-state index < -0.39 is 18.0 Å². The van der Waals surface area contributed by atoms with Crippen LogP contribution in [0.25, 0.3) is 0 Å². The number of carbonyl (C=O) groups excluding carboxylic acids is 2. The van der Waals surface area contributed by atoms with Crippen molar-refractivity contribution in [2.75, 3.05) is 14.2 Å². The summed E-state index contributed by atoms with van der Waals surface area (Å²) in [5.41, 5.74) is 0.509. The zero-order valence-corrected chi connectivity index (χ0v) is 9.84. The summed E-state index contributed by atoms with van der Waals surface area (Å²) in [5, 5.41) is 13.4. The van der Waals surface area contributed by atoms with Crippen LogP contribution < -0.4 is 0 Å². The van der Waals surface area contributed by atoms with Gasteiger partial charge >= 0.3 is 11.9 Å². The van der Waals surface area contributed by atoms with Crippen molar-refractivity contribution < 1.29 is 24.2 Å². The first-order valence-corrected chi connectivity index (χ1v) is 4.86. The standard InChI is InChI=1S/C10H14N2O5/c1-12-5-6(4-7(13)9(14)16-2)8(11-12)10(15)17-3/h5,7,13H,4H2,1-3H3. The third-order valence-electron chi connectivity index (χ3n) is 2.17. The van der Waals surface area contributed by atoms with Crippen LogP contribution in [0.4, 0.5) is 0 Å². The van der Waals surface area contributed by atoms with Crippen LogP contribution in [0.15, 0.2) is 6.20 Å². The van der Waals surface area contributed by atoms with Gasteiger partial charge in [0.2, 0.25) is 0 Å². The summed E-state index contributed by atoms with van der Waals surface area (Å²) in [6.45, 7) is 0. The Morgan fingerprint density at radius 1 is 1.47 bits per heavy atom. The second kappa shape index (κ2) is 5.44. The van der Waals surface area contributed by atoms with Crippen molar-refractivity contribution in [1.29, 1.82) is 0 Å². The van der Waals surface area contributed by atoms with Crippen LogP contribution in [0.1, 0.15) is 16.1 Å². The van der Waals surface area contributed by atoms with Crippen molar-refractivity contribution in [3.63, 3.8) is 0 Å². The Balaban J connectivity index is 2.90. The molecule has 0 radical (unpaired) electrons. The third-order valence-corrected chi connectivity index (χ3v) is 2.17. The molecule has 0 aromatic carbocycles. The van der Waals surface area contributed by atoms with Gasteiger partial charge in [-0.3, -0.25) is 4.68 Å². The SMILES string of the molecule is COC(=O)c1nn(C)cc1CC(O)C(=O)OC. The molecule has 1 rings (SSSR count). The molecule has 1 aromatic heterocycles. The first-order valence-electron chi connectivity index (χ1n) is 4.86. The van der Waals surface area contributed by atoms with Crippen LogP contribution in [0.3, 0.4) is 0 Å². The average molecular weight is 242 g/mol. The predicted octanol–water partition coefficient (Wildman–Crippen LogP) is -0.717. The summed E-state index contributed by atoms with van der Waals surface area (Å²) in [6.07, 6.45) is 0.163. The number of nitrogens with zero attached hydrogens (tertiary/aromatic N) is 2. The second-order valence-electron chi connectivity index (χ2n) is 3.41. The Hall–Kier alpha value is -1.89. The normalized spacial score (nSPS) is 12.0. The molecule has 7 nitrogen and oxygen atoms in total. The average Bonchev–Trinajstić information content (AvgIpc) is 2.67. The maximum absolute atomic E-state index is 11.4. The van der Waals surface area contributed by atoms with Crippen molar-refractivity contribution in [2.45, 2.75) is 12.5 Å². The van der Waals surface area contributed by atoms with Crippen LogP contribution in [0.5, 0.6) is 0 Å². The second-order valence-corrected chi connectivity index (χ2v) is 3.41. The molecular formula is C10H14N2O5. The predicted molar refractivity (Wildman–Crippen MR) is 56.3 cm³/mol. The zero-order chi connectivity index (χ0) is 13.0. The van der Waals surface area contributed by atoms with Crippen molar-refractivity contribution >= 4 is 11.9 Å².